The molecule has 1 aliphatic heterocycles. The molecule has 0 saturated carbocycles. The van der Waals surface area contributed by atoms with Crippen molar-refractivity contribution in [1.29, 1.82) is 0 Å². The second-order valence-corrected chi connectivity index (χ2v) is 6.13. The van der Waals surface area contributed by atoms with E-state index < -0.39 is 0 Å². The van der Waals surface area contributed by atoms with Crippen LogP contribution in [0.2, 0.25) is 5.15 Å². The number of hydrogen-bond acceptors (Lipinski definition) is 2. The molecule has 1 atom stereocenters. The van der Waals surface area contributed by atoms with Gasteiger partial charge in [0.1, 0.15) is 5.15 Å². The largest absolute Gasteiger partial charge is 0.332 e. The van der Waals surface area contributed by atoms with Gasteiger partial charge in [0.2, 0.25) is 0 Å². The predicted molar refractivity (Wildman–Crippen MR) is 88.1 cm³/mol. The van der Waals surface area contributed by atoms with Gasteiger partial charge in [0, 0.05) is 18.3 Å². The van der Waals surface area contributed by atoms with Crippen molar-refractivity contribution in [2.75, 3.05) is 6.54 Å². The van der Waals surface area contributed by atoms with Crippen molar-refractivity contribution < 1.29 is 4.79 Å². The second-order valence-electron chi connectivity index (χ2n) is 5.74. The van der Waals surface area contributed by atoms with Gasteiger partial charge in [-0.3, -0.25) is 4.79 Å². The first-order valence-electron chi connectivity index (χ1n) is 7.65. The van der Waals surface area contributed by atoms with Gasteiger partial charge in [0.05, 0.1) is 6.04 Å². The molecule has 3 nitrogen and oxygen atoms in total. The monoisotopic (exact) mass is 314 g/mol. The zero-order chi connectivity index (χ0) is 15.5. The number of nitrogens with zero attached hydrogens (tertiary/aromatic N) is 2. The highest BCUT2D eigenvalue weighted by Gasteiger charge is 2.29. The Morgan fingerprint density at radius 3 is 2.77 bits per heavy atom. The lowest BCUT2D eigenvalue weighted by atomic mass is 9.93. The number of pyridine rings is 1. The first-order valence-corrected chi connectivity index (χ1v) is 8.02. The fourth-order valence-corrected chi connectivity index (χ4v) is 3.34. The molecule has 2 heterocycles. The molecule has 1 aromatic carbocycles. The van der Waals surface area contributed by atoms with Crippen molar-refractivity contribution in [2.45, 2.75) is 32.2 Å². The van der Waals surface area contributed by atoms with E-state index >= 15 is 0 Å². The average molecular weight is 315 g/mol. The average Bonchev–Trinajstić information content (AvgIpc) is 2.55. The van der Waals surface area contributed by atoms with Gasteiger partial charge in [0.15, 0.2) is 0 Å². The maximum atomic E-state index is 12.8. The van der Waals surface area contributed by atoms with Gasteiger partial charge >= 0.3 is 0 Å². The van der Waals surface area contributed by atoms with Crippen LogP contribution < -0.4 is 0 Å². The van der Waals surface area contributed by atoms with Gasteiger partial charge in [-0.2, -0.15) is 0 Å². The van der Waals surface area contributed by atoms with Crippen LogP contribution in [0.15, 0.2) is 42.6 Å². The number of halogens is 1. The molecule has 0 N–H and O–H groups in total. The van der Waals surface area contributed by atoms with Gasteiger partial charge in [-0.25, -0.2) is 4.98 Å². The summed E-state index contributed by atoms with van der Waals surface area (Å²) in [7, 11) is 0. The molecule has 0 radical (unpaired) electrons. The third-order valence-corrected chi connectivity index (χ3v) is 4.47. The van der Waals surface area contributed by atoms with E-state index in [2.05, 4.69) is 4.98 Å². The summed E-state index contributed by atoms with van der Waals surface area (Å²) in [4.78, 5) is 19.0. The number of hydrogen-bond donors (Lipinski definition) is 0. The van der Waals surface area contributed by atoms with Crippen LogP contribution in [0, 0.1) is 6.92 Å². The van der Waals surface area contributed by atoms with Crippen LogP contribution in [0.3, 0.4) is 0 Å². The van der Waals surface area contributed by atoms with E-state index in [0.29, 0.717) is 5.15 Å². The molecule has 0 spiro atoms. The Morgan fingerprint density at radius 1 is 1.27 bits per heavy atom. The minimum Gasteiger partial charge on any atom is -0.332 e. The van der Waals surface area contributed by atoms with Crippen LogP contribution in [-0.4, -0.2) is 22.3 Å². The highest BCUT2D eigenvalue weighted by atomic mass is 35.5. The smallest absolute Gasteiger partial charge is 0.254 e. The van der Waals surface area contributed by atoms with Crippen molar-refractivity contribution >= 4 is 17.5 Å². The van der Waals surface area contributed by atoms with E-state index in [0.717, 1.165) is 42.5 Å². The minimum atomic E-state index is 0.0891. The summed E-state index contributed by atoms with van der Waals surface area (Å²) in [6, 6.07) is 11.4. The summed E-state index contributed by atoms with van der Waals surface area (Å²) in [6.45, 7) is 2.82. The van der Waals surface area contributed by atoms with E-state index in [1.807, 2.05) is 54.4 Å². The number of benzene rings is 1. The lowest BCUT2D eigenvalue weighted by molar-refractivity contribution is 0.0610. The number of amides is 1. The highest BCUT2D eigenvalue weighted by Crippen LogP contribution is 2.34. The van der Waals surface area contributed by atoms with E-state index in [4.69, 9.17) is 11.6 Å². The standard InChI is InChI=1S/C18H19ClN2O/c1-13-11-17(19)20-12-15(13)16-9-5-6-10-21(16)18(22)14-7-3-2-4-8-14/h2-4,7-8,11-12,16H,5-6,9-10H2,1H3/t16-/m0/s1. The number of carbonyl (C=O) groups is 1. The highest BCUT2D eigenvalue weighted by molar-refractivity contribution is 6.29. The lowest BCUT2D eigenvalue weighted by Gasteiger charge is -2.36. The molecule has 1 aliphatic rings. The Labute approximate surface area is 135 Å². The van der Waals surface area contributed by atoms with Crippen molar-refractivity contribution in [3.63, 3.8) is 0 Å². The maximum absolute atomic E-state index is 12.8. The summed E-state index contributed by atoms with van der Waals surface area (Å²) in [5, 5.41) is 0.498. The van der Waals surface area contributed by atoms with Gasteiger partial charge in [-0.1, -0.05) is 29.8 Å². The van der Waals surface area contributed by atoms with Crippen molar-refractivity contribution in [3.05, 3.63) is 64.4 Å². The molecule has 3 rings (SSSR count). The number of aryl methyl sites for hydroxylation is 1. The SMILES string of the molecule is Cc1cc(Cl)ncc1[C@@H]1CCCCN1C(=O)c1ccccc1. The Balaban J connectivity index is 1.93. The normalized spacial score (nSPS) is 18.3. The Hall–Kier alpha value is -1.87. The van der Waals surface area contributed by atoms with Gasteiger partial charge < -0.3 is 4.90 Å². The van der Waals surface area contributed by atoms with Crippen LogP contribution >= 0.6 is 11.6 Å². The molecule has 114 valence electrons. The third-order valence-electron chi connectivity index (χ3n) is 4.26. The second kappa shape index (κ2) is 6.49. The molecule has 0 unspecified atom stereocenters. The molecule has 4 heteroatoms. The fraction of sp³-hybridized carbons (Fsp3) is 0.333. The van der Waals surface area contributed by atoms with Crippen molar-refractivity contribution in [2.24, 2.45) is 0 Å². The molecule has 1 saturated heterocycles. The van der Waals surface area contributed by atoms with Crippen molar-refractivity contribution in [3.8, 4) is 0 Å². The first kappa shape index (κ1) is 15.0. The number of aromatic nitrogens is 1. The fourth-order valence-electron chi connectivity index (χ4n) is 3.13. The predicted octanol–water partition coefficient (Wildman–Crippen LogP) is 4.41. The summed E-state index contributed by atoms with van der Waals surface area (Å²) in [5.41, 5.74) is 2.94. The summed E-state index contributed by atoms with van der Waals surface area (Å²) >= 11 is 5.96. The van der Waals surface area contributed by atoms with Gasteiger partial charge in [0.25, 0.3) is 5.91 Å². The number of rotatable bonds is 2. The first-order chi connectivity index (χ1) is 10.7. The van der Waals surface area contributed by atoms with E-state index in [-0.39, 0.29) is 11.9 Å². The zero-order valence-electron chi connectivity index (χ0n) is 12.6. The number of piperidine rings is 1. The molecule has 1 aromatic heterocycles. The molecule has 1 fully saturated rings. The molecular weight excluding hydrogens is 296 g/mol. The Bertz CT molecular complexity index is 672. The molecule has 0 aliphatic carbocycles. The molecular formula is C18H19ClN2O. The van der Waals surface area contributed by atoms with Crippen LogP contribution in [0.25, 0.3) is 0 Å². The third kappa shape index (κ3) is 3.00. The number of carbonyl (C=O) groups excluding carboxylic acids is 1. The summed E-state index contributed by atoms with van der Waals surface area (Å²) in [6.07, 6.45) is 4.97. The Kier molecular flexibility index (Phi) is 4.44. The van der Waals surface area contributed by atoms with E-state index in [1.165, 1.54) is 0 Å². The number of likely N-dealkylation sites (tertiary alicyclic amines) is 1. The van der Waals surface area contributed by atoms with Crippen LogP contribution in [-0.2, 0) is 0 Å². The minimum absolute atomic E-state index is 0.0891. The van der Waals surface area contributed by atoms with Gasteiger partial charge in [-0.05, 0) is 55.5 Å². The molecule has 2 aromatic rings. The maximum Gasteiger partial charge on any atom is 0.254 e. The summed E-state index contributed by atoms with van der Waals surface area (Å²) < 4.78 is 0. The quantitative estimate of drug-likeness (QED) is 0.769. The lowest BCUT2D eigenvalue weighted by Crippen LogP contribution is -2.38. The van der Waals surface area contributed by atoms with Gasteiger partial charge in [-0.15, -0.1) is 0 Å². The van der Waals surface area contributed by atoms with Crippen molar-refractivity contribution in [1.82, 2.24) is 9.88 Å². The molecule has 1 amide bonds. The van der Waals surface area contributed by atoms with Crippen LogP contribution in [0.1, 0.15) is 46.8 Å². The topological polar surface area (TPSA) is 33.2 Å². The van der Waals surface area contributed by atoms with E-state index in [1.54, 1.807) is 0 Å². The van der Waals surface area contributed by atoms with Crippen LogP contribution in [0.4, 0.5) is 0 Å². The van der Waals surface area contributed by atoms with Crippen LogP contribution in [0.5, 0.6) is 0 Å². The molecule has 0 bridgehead atoms. The Morgan fingerprint density at radius 2 is 2.05 bits per heavy atom. The molecule has 22 heavy (non-hydrogen) atoms. The zero-order valence-corrected chi connectivity index (χ0v) is 13.4. The summed E-state index contributed by atoms with van der Waals surface area (Å²) in [5.74, 6) is 0.0969. The van der Waals surface area contributed by atoms with E-state index in [9.17, 15) is 4.79 Å².